The predicted octanol–water partition coefficient (Wildman–Crippen LogP) is 0.959. The third kappa shape index (κ3) is 1.96. The Labute approximate surface area is 77.5 Å². The Hall–Kier alpha value is -1.58. The van der Waals surface area contributed by atoms with E-state index in [1.807, 2.05) is 14.0 Å². The summed E-state index contributed by atoms with van der Waals surface area (Å²) in [4.78, 5) is 12.9. The molecule has 4 heteroatoms. The molecule has 1 heterocycles. The standard InChI is InChI=1S/C9H13N3O/c1-4-9(13)12(5-2)8-6-10-11(3)7-8/h4,6-7H,1,5H2,2-3H3. The van der Waals surface area contributed by atoms with Crippen LogP contribution in [0, 0.1) is 0 Å². The maximum Gasteiger partial charge on any atom is 0.250 e. The lowest BCUT2D eigenvalue weighted by Crippen LogP contribution is -2.28. The maximum absolute atomic E-state index is 11.3. The Morgan fingerprint density at radius 3 is 2.92 bits per heavy atom. The minimum Gasteiger partial charge on any atom is -0.306 e. The van der Waals surface area contributed by atoms with Gasteiger partial charge in [0.15, 0.2) is 0 Å². The van der Waals surface area contributed by atoms with E-state index in [1.54, 1.807) is 22.0 Å². The van der Waals surface area contributed by atoms with Gasteiger partial charge in [-0.1, -0.05) is 6.58 Å². The highest BCUT2D eigenvalue weighted by molar-refractivity contribution is 6.00. The molecule has 0 N–H and O–H groups in total. The number of nitrogens with zero attached hydrogens (tertiary/aromatic N) is 3. The molecule has 0 aliphatic rings. The number of likely N-dealkylation sites (N-methyl/N-ethyl adjacent to an activating group) is 1. The topological polar surface area (TPSA) is 38.1 Å². The molecule has 1 amide bonds. The predicted molar refractivity (Wildman–Crippen MR) is 51.4 cm³/mol. The van der Waals surface area contributed by atoms with E-state index in [0.717, 1.165) is 5.69 Å². The first kappa shape index (κ1) is 9.51. The molecule has 1 aromatic rings. The first-order valence-electron chi connectivity index (χ1n) is 4.11. The largest absolute Gasteiger partial charge is 0.306 e. The van der Waals surface area contributed by atoms with E-state index in [-0.39, 0.29) is 5.91 Å². The lowest BCUT2D eigenvalue weighted by Gasteiger charge is -2.15. The van der Waals surface area contributed by atoms with Crippen molar-refractivity contribution in [2.24, 2.45) is 7.05 Å². The molecule has 1 rings (SSSR count). The van der Waals surface area contributed by atoms with Crippen LogP contribution in [0.2, 0.25) is 0 Å². The Bertz CT molecular complexity index is 316. The normalized spacial score (nSPS) is 9.69. The van der Waals surface area contributed by atoms with Gasteiger partial charge >= 0.3 is 0 Å². The zero-order valence-corrected chi connectivity index (χ0v) is 7.90. The second-order valence-corrected chi connectivity index (χ2v) is 2.66. The molecule has 0 aliphatic heterocycles. The van der Waals surface area contributed by atoms with Gasteiger partial charge in [0.05, 0.1) is 11.9 Å². The molecule has 0 bridgehead atoms. The van der Waals surface area contributed by atoms with E-state index < -0.39 is 0 Å². The maximum atomic E-state index is 11.3. The number of carbonyl (C=O) groups excluding carboxylic acids is 1. The molecule has 0 aromatic carbocycles. The molecule has 0 atom stereocenters. The van der Waals surface area contributed by atoms with Crippen LogP contribution in [0.4, 0.5) is 5.69 Å². The lowest BCUT2D eigenvalue weighted by atomic mass is 10.4. The minimum atomic E-state index is -0.101. The molecule has 0 unspecified atom stereocenters. The van der Waals surface area contributed by atoms with Crippen LogP contribution in [0.1, 0.15) is 6.92 Å². The lowest BCUT2D eigenvalue weighted by molar-refractivity contribution is -0.114. The van der Waals surface area contributed by atoms with Gasteiger partial charge in [-0.3, -0.25) is 9.48 Å². The third-order valence-corrected chi connectivity index (χ3v) is 1.76. The highest BCUT2D eigenvalue weighted by Crippen LogP contribution is 2.11. The van der Waals surface area contributed by atoms with Crippen LogP contribution in [0.5, 0.6) is 0 Å². The van der Waals surface area contributed by atoms with Gasteiger partial charge in [0.1, 0.15) is 0 Å². The molecule has 4 nitrogen and oxygen atoms in total. The summed E-state index contributed by atoms with van der Waals surface area (Å²) in [5, 5.41) is 3.99. The summed E-state index contributed by atoms with van der Waals surface area (Å²) in [5.41, 5.74) is 0.801. The van der Waals surface area contributed by atoms with Crippen LogP contribution >= 0.6 is 0 Å². The molecule has 13 heavy (non-hydrogen) atoms. The molecule has 0 radical (unpaired) electrons. The molecule has 0 aliphatic carbocycles. The molecular formula is C9H13N3O. The van der Waals surface area contributed by atoms with Gasteiger partial charge < -0.3 is 4.90 Å². The van der Waals surface area contributed by atoms with Crippen molar-refractivity contribution < 1.29 is 4.79 Å². The fourth-order valence-corrected chi connectivity index (χ4v) is 1.12. The van der Waals surface area contributed by atoms with E-state index in [1.165, 1.54) is 6.08 Å². The van der Waals surface area contributed by atoms with E-state index in [0.29, 0.717) is 6.54 Å². The van der Waals surface area contributed by atoms with Crippen molar-refractivity contribution in [2.45, 2.75) is 6.92 Å². The Morgan fingerprint density at radius 2 is 2.54 bits per heavy atom. The van der Waals surface area contributed by atoms with Crippen molar-refractivity contribution in [1.82, 2.24) is 9.78 Å². The molecular weight excluding hydrogens is 166 g/mol. The number of amides is 1. The first-order valence-corrected chi connectivity index (χ1v) is 4.11. The van der Waals surface area contributed by atoms with Gasteiger partial charge in [0.2, 0.25) is 5.91 Å². The van der Waals surface area contributed by atoms with Crippen LogP contribution < -0.4 is 4.90 Å². The van der Waals surface area contributed by atoms with Crippen molar-refractivity contribution in [2.75, 3.05) is 11.4 Å². The molecule has 0 saturated carbocycles. The number of aromatic nitrogens is 2. The monoisotopic (exact) mass is 179 g/mol. The van der Waals surface area contributed by atoms with Gasteiger partial charge in [-0.25, -0.2) is 0 Å². The van der Waals surface area contributed by atoms with Gasteiger partial charge in [-0.05, 0) is 13.0 Å². The molecule has 1 aromatic heterocycles. The Morgan fingerprint density at radius 1 is 1.85 bits per heavy atom. The van der Waals surface area contributed by atoms with Gasteiger partial charge in [-0.2, -0.15) is 5.10 Å². The average molecular weight is 179 g/mol. The van der Waals surface area contributed by atoms with E-state index in [4.69, 9.17) is 0 Å². The number of rotatable bonds is 3. The third-order valence-electron chi connectivity index (χ3n) is 1.76. The van der Waals surface area contributed by atoms with Gasteiger partial charge in [0, 0.05) is 19.8 Å². The Kier molecular flexibility index (Phi) is 2.84. The Balaban J connectivity index is 2.90. The number of anilines is 1. The SMILES string of the molecule is C=CC(=O)N(CC)c1cnn(C)c1. The summed E-state index contributed by atoms with van der Waals surface area (Å²) in [6.07, 6.45) is 4.76. The zero-order valence-electron chi connectivity index (χ0n) is 7.90. The van der Waals surface area contributed by atoms with Crippen molar-refractivity contribution in [3.05, 3.63) is 25.0 Å². The molecule has 0 fully saturated rings. The summed E-state index contributed by atoms with van der Waals surface area (Å²) in [5.74, 6) is -0.101. The number of hydrogen-bond acceptors (Lipinski definition) is 2. The number of carbonyl (C=O) groups is 1. The van der Waals surface area contributed by atoms with Crippen LogP contribution in [0.25, 0.3) is 0 Å². The number of hydrogen-bond donors (Lipinski definition) is 0. The molecule has 70 valence electrons. The highest BCUT2D eigenvalue weighted by Gasteiger charge is 2.11. The first-order chi connectivity index (χ1) is 6.19. The average Bonchev–Trinajstić information content (AvgIpc) is 2.53. The summed E-state index contributed by atoms with van der Waals surface area (Å²) >= 11 is 0. The van der Waals surface area contributed by atoms with Crippen LogP contribution in [0.3, 0.4) is 0 Å². The van der Waals surface area contributed by atoms with Gasteiger partial charge in [0.25, 0.3) is 0 Å². The number of aryl methyl sites for hydroxylation is 1. The van der Waals surface area contributed by atoms with E-state index in [9.17, 15) is 4.79 Å². The van der Waals surface area contributed by atoms with E-state index >= 15 is 0 Å². The van der Waals surface area contributed by atoms with Crippen LogP contribution in [0.15, 0.2) is 25.0 Å². The minimum absolute atomic E-state index is 0.101. The highest BCUT2D eigenvalue weighted by atomic mass is 16.2. The quantitative estimate of drug-likeness (QED) is 0.648. The van der Waals surface area contributed by atoms with Crippen LogP contribution in [-0.4, -0.2) is 22.2 Å². The van der Waals surface area contributed by atoms with Crippen molar-refractivity contribution >= 4 is 11.6 Å². The molecule has 0 saturated heterocycles. The summed E-state index contributed by atoms with van der Waals surface area (Å²) in [7, 11) is 1.82. The van der Waals surface area contributed by atoms with E-state index in [2.05, 4.69) is 11.7 Å². The fraction of sp³-hybridized carbons (Fsp3) is 0.333. The van der Waals surface area contributed by atoms with Gasteiger partial charge in [-0.15, -0.1) is 0 Å². The molecule has 0 spiro atoms. The summed E-state index contributed by atoms with van der Waals surface area (Å²) in [6.45, 7) is 5.98. The van der Waals surface area contributed by atoms with Crippen molar-refractivity contribution in [1.29, 1.82) is 0 Å². The zero-order chi connectivity index (χ0) is 9.84. The second-order valence-electron chi connectivity index (χ2n) is 2.66. The fourth-order valence-electron chi connectivity index (χ4n) is 1.12. The summed E-state index contributed by atoms with van der Waals surface area (Å²) in [6, 6.07) is 0. The smallest absolute Gasteiger partial charge is 0.250 e. The van der Waals surface area contributed by atoms with Crippen LogP contribution in [-0.2, 0) is 11.8 Å². The van der Waals surface area contributed by atoms with Crippen molar-refractivity contribution in [3.63, 3.8) is 0 Å². The van der Waals surface area contributed by atoms with Crippen molar-refractivity contribution in [3.8, 4) is 0 Å². The second kappa shape index (κ2) is 3.89. The summed E-state index contributed by atoms with van der Waals surface area (Å²) < 4.78 is 1.66.